The summed E-state index contributed by atoms with van der Waals surface area (Å²) < 4.78 is 168. The molecular formula is C59H86Na2O25S2. The number of hydrogen-bond acceptors (Lipinski definition) is 25. The van der Waals surface area contributed by atoms with Gasteiger partial charge in [0.1, 0.15) is 53.9 Å². The van der Waals surface area contributed by atoms with E-state index in [0.29, 0.717) is 76.2 Å². The van der Waals surface area contributed by atoms with Gasteiger partial charge in [0.2, 0.25) is 20.8 Å². The number of hydrogen-bond donors (Lipinski definition) is 4. The molecule has 486 valence electrons. The van der Waals surface area contributed by atoms with Gasteiger partial charge < -0.3 is 91.1 Å². The van der Waals surface area contributed by atoms with Crippen molar-refractivity contribution in [1.29, 1.82) is 0 Å². The Morgan fingerprint density at radius 2 is 1.31 bits per heavy atom. The van der Waals surface area contributed by atoms with Gasteiger partial charge in [0.25, 0.3) is 0 Å². The van der Waals surface area contributed by atoms with Crippen molar-refractivity contribution in [2.24, 2.45) is 5.92 Å². The molecule has 0 amide bonds. The van der Waals surface area contributed by atoms with Crippen LogP contribution >= 0.6 is 0 Å². The summed E-state index contributed by atoms with van der Waals surface area (Å²) in [6.07, 6.45) is -7.13. The van der Waals surface area contributed by atoms with E-state index < -0.39 is 190 Å². The van der Waals surface area contributed by atoms with Gasteiger partial charge in [0.15, 0.2) is 6.29 Å². The first-order valence-corrected chi connectivity index (χ1v) is 33.2. The smallest absolute Gasteiger partial charge is 0.726 e. The van der Waals surface area contributed by atoms with Crippen molar-refractivity contribution < 1.29 is 175 Å². The fourth-order valence-corrected chi connectivity index (χ4v) is 17.5. The Hall–Kier alpha value is 0.0200. The number of fused-ring (bicyclic) bond motifs is 10. The van der Waals surface area contributed by atoms with Crippen molar-refractivity contribution in [3.8, 4) is 0 Å². The first-order valence-electron chi connectivity index (χ1n) is 30.6. The van der Waals surface area contributed by atoms with Crippen molar-refractivity contribution in [3.63, 3.8) is 0 Å². The Labute approximate surface area is 559 Å². The first-order chi connectivity index (χ1) is 40.4. The van der Waals surface area contributed by atoms with Gasteiger partial charge >= 0.3 is 59.1 Å². The Morgan fingerprint density at radius 1 is 0.716 bits per heavy atom. The second-order valence-electron chi connectivity index (χ2n) is 27.5. The van der Waals surface area contributed by atoms with Crippen molar-refractivity contribution in [3.05, 3.63) is 49.1 Å². The maximum absolute atomic E-state index is 11.9. The molecule has 0 aromatic rings. The van der Waals surface area contributed by atoms with Crippen LogP contribution in [0.3, 0.4) is 0 Å². The van der Waals surface area contributed by atoms with Gasteiger partial charge in [-0.2, -0.15) is 0 Å². The van der Waals surface area contributed by atoms with Gasteiger partial charge in [-0.15, -0.1) is 6.58 Å². The SMILES string of the molecule is C=CCC(=C)/C=C/[C@@](C)(O)[C@H]1O[C@@H]2C[C@@H]3O[C@@H]4C[C@@H]5O[C@@H]6C[C@@H]7O[C@@H]8C[C@@H]9O[C@@H]%10C[C@@H]%11O[C@](C)(CCOS(=O)(=O)[O-])[C@@H](OS(=O)(=O)[O-])C[C@H]%11O[C@H]%10C[C@H]9O[C@H]8CC[C@@]7(C)O[C@@]6(C)C[C@H](C)[C@H]5O[C@H]4[C@@H](O[C@H]4O[C@@H](CO)[C@H](O)[C@H]4O)[C@@]3(C)O[C@H]2CC1=C.[Na+].[Na+]. The third-order valence-corrected chi connectivity index (χ3v) is 21.9. The minimum atomic E-state index is -5.23. The number of aliphatic hydroxyl groups is 4. The summed E-state index contributed by atoms with van der Waals surface area (Å²) in [6, 6.07) is 0. The van der Waals surface area contributed by atoms with Crippen LogP contribution in [0.4, 0.5) is 0 Å². The van der Waals surface area contributed by atoms with Crippen LogP contribution in [0.2, 0.25) is 0 Å². The number of ether oxygens (including phenoxy) is 13. The number of rotatable bonds is 14. The molecule has 12 fully saturated rings. The van der Waals surface area contributed by atoms with E-state index >= 15 is 0 Å². The molecular weight excluding hydrogens is 1220 g/mol. The van der Waals surface area contributed by atoms with E-state index in [2.05, 4.69) is 44.7 Å². The molecule has 0 aliphatic carbocycles. The monoisotopic (exact) mass is 1300 g/mol. The third-order valence-electron chi connectivity index (χ3n) is 21.0. The fraction of sp³-hybridized carbons (Fsp3) is 0.864. The largest absolute Gasteiger partial charge is 1.00 e. The van der Waals surface area contributed by atoms with Crippen LogP contribution in [0.25, 0.3) is 0 Å². The summed E-state index contributed by atoms with van der Waals surface area (Å²) >= 11 is 0. The van der Waals surface area contributed by atoms with Gasteiger partial charge in [0, 0.05) is 51.4 Å². The van der Waals surface area contributed by atoms with E-state index in [-0.39, 0.29) is 96.2 Å². The molecule has 4 N–H and O–H groups in total. The van der Waals surface area contributed by atoms with Crippen molar-refractivity contribution in [2.75, 3.05) is 13.2 Å². The molecule has 12 aliphatic rings. The number of aliphatic hydroxyl groups excluding tert-OH is 3. The normalized spacial score (nSPS) is 50.5. The minimum Gasteiger partial charge on any atom is -0.726 e. The Bertz CT molecular complexity index is 2820. The summed E-state index contributed by atoms with van der Waals surface area (Å²) in [6.45, 7) is 22.4. The van der Waals surface area contributed by atoms with Gasteiger partial charge in [-0.1, -0.05) is 43.9 Å². The Kier molecular flexibility index (Phi) is 21.3. The van der Waals surface area contributed by atoms with Gasteiger partial charge in [-0.05, 0) is 78.2 Å². The van der Waals surface area contributed by atoms with Gasteiger partial charge in [0.05, 0.1) is 128 Å². The number of allylic oxidation sites excluding steroid dienone is 3. The standard InChI is InChI=1S/C59H88O25S2.2Na/c1-10-11-28(2)12-14-55(5,63)52-29(3)18-39-38(77-52)24-47-59(9,82-39)53(80-54-49(62)48(61)43(27-60)78-54)51-42(76-47)22-41-50(79-51)30(4)26-58(8)45(75-41)25-44-57(7,84-58)15-13-31-32(74-44)19-34-33(71-31)20-35-36(72-34)21-40-37(73-35)23-46(83-86(67,68)69)56(6,81-40)16-17-70-85(64,65)66;;/h10,12,14,30-54,60-63H,1-3,11,13,15-27H2,4-9H3,(H,64,65,66)(H,67,68,69);;/q;2*+1/p-2/b14-12+;;/t30-,31-,32+,33+,34-,35-,36+,37+,38+,39-,40-,41-,42+,43-,44-,45+,46-,47-,48-,49+,50+,51+,52-,53+,54+,55+,56+,57+,58-,59-;;/m0../s1. The molecule has 0 unspecified atom stereocenters. The summed E-state index contributed by atoms with van der Waals surface area (Å²) in [5.41, 5.74) is -4.36. The molecule has 12 saturated heterocycles. The fourth-order valence-electron chi connectivity index (χ4n) is 16.6. The molecule has 0 spiro atoms. The van der Waals surface area contributed by atoms with Gasteiger partial charge in [-0.25, -0.2) is 16.8 Å². The van der Waals surface area contributed by atoms with Gasteiger partial charge in [-0.3, -0.25) is 8.37 Å². The van der Waals surface area contributed by atoms with Crippen LogP contribution < -0.4 is 59.1 Å². The minimum absolute atomic E-state index is 0. The summed E-state index contributed by atoms with van der Waals surface area (Å²) in [5.74, 6) is -0.128. The van der Waals surface area contributed by atoms with Crippen LogP contribution in [-0.4, -0.2) is 234 Å². The molecule has 0 aromatic heterocycles. The van der Waals surface area contributed by atoms with E-state index in [1.54, 1.807) is 25.2 Å². The van der Waals surface area contributed by atoms with E-state index in [1.165, 1.54) is 6.92 Å². The van der Waals surface area contributed by atoms with Crippen LogP contribution in [0, 0.1) is 5.92 Å². The van der Waals surface area contributed by atoms with Crippen LogP contribution in [0.1, 0.15) is 125 Å². The predicted octanol–water partition coefficient (Wildman–Crippen LogP) is -3.54. The summed E-state index contributed by atoms with van der Waals surface area (Å²) in [7, 11) is -10.3. The molecule has 12 aliphatic heterocycles. The maximum atomic E-state index is 11.9. The molecule has 30 atom stereocenters. The summed E-state index contributed by atoms with van der Waals surface area (Å²) in [4.78, 5) is 0. The average Bonchev–Trinajstić information content (AvgIpc) is 1.15. The second-order valence-corrected chi connectivity index (χ2v) is 29.5. The molecule has 0 aromatic carbocycles. The average molecular weight is 1310 g/mol. The molecule has 88 heavy (non-hydrogen) atoms. The molecule has 0 saturated carbocycles. The zero-order chi connectivity index (χ0) is 61.4. The van der Waals surface area contributed by atoms with Crippen molar-refractivity contribution >= 4 is 20.8 Å². The molecule has 12 rings (SSSR count). The predicted molar refractivity (Wildman–Crippen MR) is 294 cm³/mol. The Morgan fingerprint density at radius 3 is 1.95 bits per heavy atom. The Balaban J connectivity index is 0.00000428. The molecule has 29 heteroatoms. The van der Waals surface area contributed by atoms with E-state index in [9.17, 15) is 46.4 Å². The third kappa shape index (κ3) is 14.0. The van der Waals surface area contributed by atoms with Crippen molar-refractivity contribution in [1.82, 2.24) is 0 Å². The van der Waals surface area contributed by atoms with E-state index in [0.717, 1.165) is 5.57 Å². The molecule has 0 bridgehead atoms. The molecule has 0 radical (unpaired) electrons. The van der Waals surface area contributed by atoms with Crippen LogP contribution in [-0.2, 0) is 90.7 Å². The molecule has 12 heterocycles. The second kappa shape index (κ2) is 26.5. The van der Waals surface area contributed by atoms with Crippen LogP contribution in [0.5, 0.6) is 0 Å². The van der Waals surface area contributed by atoms with Crippen LogP contribution in [0.15, 0.2) is 49.1 Å². The van der Waals surface area contributed by atoms with Crippen molar-refractivity contribution in [2.45, 2.75) is 300 Å². The topological polar surface area (TPSA) is 334 Å². The first kappa shape index (κ1) is 70.8. The van der Waals surface area contributed by atoms with E-state index in [1.807, 2.05) is 6.92 Å². The molecule has 25 nitrogen and oxygen atoms in total. The zero-order valence-electron chi connectivity index (χ0n) is 51.6. The zero-order valence-corrected chi connectivity index (χ0v) is 57.2. The van der Waals surface area contributed by atoms with E-state index in [4.69, 9.17) is 65.8 Å². The maximum Gasteiger partial charge on any atom is 1.00 e. The summed E-state index contributed by atoms with van der Waals surface area (Å²) in [5, 5.41) is 44.1. The quantitative estimate of drug-likeness (QED) is 0.0430.